The summed E-state index contributed by atoms with van der Waals surface area (Å²) in [5.74, 6) is 0.620. The van der Waals surface area contributed by atoms with E-state index >= 15 is 0 Å². The second kappa shape index (κ2) is 6.25. The predicted octanol–water partition coefficient (Wildman–Crippen LogP) is 3.68. The summed E-state index contributed by atoms with van der Waals surface area (Å²) >= 11 is 5.92. The predicted molar refractivity (Wildman–Crippen MR) is 93.7 cm³/mol. The molecule has 24 heavy (non-hydrogen) atoms. The first-order valence-corrected chi connectivity index (χ1v) is 7.78. The van der Waals surface area contributed by atoms with Gasteiger partial charge in [-0.1, -0.05) is 36.4 Å². The molecule has 6 nitrogen and oxygen atoms in total. The van der Waals surface area contributed by atoms with E-state index in [0.29, 0.717) is 18.0 Å². The van der Waals surface area contributed by atoms with E-state index in [9.17, 15) is 0 Å². The molecule has 0 saturated heterocycles. The van der Waals surface area contributed by atoms with Gasteiger partial charge in [0.05, 0.1) is 12.0 Å². The molecular weight excluding hydrogens is 324 g/mol. The number of pyridine rings is 1. The Kier molecular flexibility index (Phi) is 3.80. The maximum atomic E-state index is 5.92. The van der Waals surface area contributed by atoms with E-state index in [4.69, 9.17) is 11.6 Å². The van der Waals surface area contributed by atoms with Crippen LogP contribution in [-0.4, -0.2) is 24.9 Å². The fraction of sp³-hybridized carbons (Fsp3) is 0.0588. The van der Waals surface area contributed by atoms with E-state index in [2.05, 4.69) is 30.2 Å². The van der Waals surface area contributed by atoms with Gasteiger partial charge in [0, 0.05) is 18.3 Å². The minimum Gasteiger partial charge on any atom is -0.364 e. The zero-order valence-corrected chi connectivity index (χ0v) is 13.3. The smallest absolute Gasteiger partial charge is 0.226 e. The summed E-state index contributed by atoms with van der Waals surface area (Å²) < 4.78 is 0. The van der Waals surface area contributed by atoms with E-state index in [1.807, 2.05) is 48.7 Å². The van der Waals surface area contributed by atoms with Crippen LogP contribution in [0.15, 0.2) is 55.0 Å². The molecule has 0 atom stereocenters. The van der Waals surface area contributed by atoms with Crippen molar-refractivity contribution in [1.82, 2.24) is 24.9 Å². The Hall–Kier alpha value is -2.99. The Morgan fingerprint density at radius 1 is 1.00 bits per heavy atom. The standard InChI is InChI=1S/C17H13ClN6/c18-17-23-15(14-16(24-17)22-10-21-14)20-9-11-6-7-13(19-8-11)12-4-2-1-3-5-12/h1-8,10H,9H2,(H2,20,21,22,23,24). The van der Waals surface area contributed by atoms with Gasteiger partial charge in [-0.25, -0.2) is 4.98 Å². The molecule has 0 amide bonds. The van der Waals surface area contributed by atoms with Crippen LogP contribution in [0.25, 0.3) is 22.4 Å². The first-order chi connectivity index (χ1) is 11.8. The summed E-state index contributed by atoms with van der Waals surface area (Å²) in [5, 5.41) is 3.41. The number of fused-ring (bicyclic) bond motifs is 1. The molecule has 0 saturated carbocycles. The average molecular weight is 337 g/mol. The van der Waals surface area contributed by atoms with Gasteiger partial charge in [0.2, 0.25) is 5.28 Å². The Morgan fingerprint density at radius 2 is 1.88 bits per heavy atom. The lowest BCUT2D eigenvalue weighted by atomic mass is 10.1. The molecule has 2 N–H and O–H groups in total. The monoisotopic (exact) mass is 336 g/mol. The Bertz CT molecular complexity index is 965. The zero-order valence-electron chi connectivity index (χ0n) is 12.6. The highest BCUT2D eigenvalue weighted by molar-refractivity contribution is 6.28. The third-order valence-corrected chi connectivity index (χ3v) is 3.78. The highest BCUT2D eigenvalue weighted by atomic mass is 35.5. The number of imidazole rings is 1. The molecule has 0 bridgehead atoms. The topological polar surface area (TPSA) is 79.4 Å². The molecule has 0 spiro atoms. The van der Waals surface area contributed by atoms with Crippen LogP contribution < -0.4 is 5.32 Å². The van der Waals surface area contributed by atoms with E-state index in [1.165, 1.54) is 0 Å². The third kappa shape index (κ3) is 2.91. The van der Waals surface area contributed by atoms with Crippen LogP contribution in [0.1, 0.15) is 5.56 Å². The molecular formula is C17H13ClN6. The summed E-state index contributed by atoms with van der Waals surface area (Å²) in [4.78, 5) is 19.9. The first kappa shape index (κ1) is 14.6. The largest absolute Gasteiger partial charge is 0.364 e. The minimum absolute atomic E-state index is 0.162. The van der Waals surface area contributed by atoms with Gasteiger partial charge in [0.15, 0.2) is 11.5 Å². The lowest BCUT2D eigenvalue weighted by Crippen LogP contribution is -2.03. The van der Waals surface area contributed by atoms with Gasteiger partial charge < -0.3 is 10.3 Å². The van der Waals surface area contributed by atoms with E-state index < -0.39 is 0 Å². The maximum absolute atomic E-state index is 5.92. The van der Waals surface area contributed by atoms with Gasteiger partial charge in [-0.3, -0.25) is 4.98 Å². The highest BCUT2D eigenvalue weighted by Crippen LogP contribution is 2.20. The van der Waals surface area contributed by atoms with Crippen molar-refractivity contribution < 1.29 is 0 Å². The number of aromatic amines is 1. The number of nitrogens with one attached hydrogen (secondary N) is 2. The number of anilines is 1. The Morgan fingerprint density at radius 3 is 2.67 bits per heavy atom. The van der Waals surface area contributed by atoms with Crippen molar-refractivity contribution >= 4 is 28.6 Å². The molecule has 4 aromatic rings. The molecule has 3 aromatic heterocycles. The normalized spacial score (nSPS) is 10.9. The number of H-pyrrole nitrogens is 1. The van der Waals surface area contributed by atoms with Crippen molar-refractivity contribution in [2.45, 2.75) is 6.54 Å². The lowest BCUT2D eigenvalue weighted by molar-refractivity contribution is 1.08. The summed E-state index contributed by atoms with van der Waals surface area (Å²) in [6.45, 7) is 0.573. The van der Waals surface area contributed by atoms with Crippen molar-refractivity contribution in [1.29, 1.82) is 0 Å². The number of halogens is 1. The molecule has 0 aliphatic rings. The van der Waals surface area contributed by atoms with E-state index in [1.54, 1.807) is 6.33 Å². The molecule has 0 aliphatic heterocycles. The summed E-state index contributed by atoms with van der Waals surface area (Å²) in [5.41, 5.74) is 4.35. The number of benzene rings is 1. The molecule has 4 rings (SSSR count). The molecule has 7 heteroatoms. The summed E-state index contributed by atoms with van der Waals surface area (Å²) in [7, 11) is 0. The molecule has 0 aliphatic carbocycles. The van der Waals surface area contributed by atoms with Gasteiger partial charge in [0.25, 0.3) is 0 Å². The third-order valence-electron chi connectivity index (χ3n) is 3.61. The van der Waals surface area contributed by atoms with Gasteiger partial charge >= 0.3 is 0 Å². The van der Waals surface area contributed by atoms with Crippen LogP contribution in [0, 0.1) is 0 Å². The van der Waals surface area contributed by atoms with Gasteiger partial charge in [-0.2, -0.15) is 9.97 Å². The van der Waals surface area contributed by atoms with Crippen molar-refractivity contribution in [2.75, 3.05) is 5.32 Å². The van der Waals surface area contributed by atoms with Crippen LogP contribution in [0.5, 0.6) is 0 Å². The van der Waals surface area contributed by atoms with Gasteiger partial charge in [-0.15, -0.1) is 0 Å². The second-order valence-electron chi connectivity index (χ2n) is 5.21. The minimum atomic E-state index is 0.162. The first-order valence-electron chi connectivity index (χ1n) is 7.40. The Balaban J connectivity index is 1.52. The maximum Gasteiger partial charge on any atom is 0.226 e. The average Bonchev–Trinajstić information content (AvgIpc) is 3.09. The van der Waals surface area contributed by atoms with Gasteiger partial charge in [-0.05, 0) is 23.2 Å². The van der Waals surface area contributed by atoms with Crippen molar-refractivity contribution in [2.24, 2.45) is 0 Å². The number of aromatic nitrogens is 5. The lowest BCUT2D eigenvalue weighted by Gasteiger charge is -2.07. The van der Waals surface area contributed by atoms with Crippen molar-refractivity contribution in [3.8, 4) is 11.3 Å². The highest BCUT2D eigenvalue weighted by Gasteiger charge is 2.08. The van der Waals surface area contributed by atoms with E-state index in [-0.39, 0.29) is 5.28 Å². The van der Waals surface area contributed by atoms with Crippen LogP contribution in [0.2, 0.25) is 5.28 Å². The van der Waals surface area contributed by atoms with Gasteiger partial charge in [0.1, 0.15) is 5.52 Å². The van der Waals surface area contributed by atoms with Crippen LogP contribution >= 0.6 is 11.6 Å². The van der Waals surface area contributed by atoms with Crippen molar-refractivity contribution in [3.05, 3.63) is 65.8 Å². The van der Waals surface area contributed by atoms with Crippen LogP contribution in [0.3, 0.4) is 0 Å². The summed E-state index contributed by atoms with van der Waals surface area (Å²) in [6, 6.07) is 14.1. The summed E-state index contributed by atoms with van der Waals surface area (Å²) in [6.07, 6.45) is 3.42. The number of rotatable bonds is 4. The molecule has 0 radical (unpaired) electrons. The zero-order chi connectivity index (χ0) is 16.4. The number of hydrogen-bond donors (Lipinski definition) is 2. The fourth-order valence-electron chi connectivity index (χ4n) is 2.43. The molecule has 1 aromatic carbocycles. The van der Waals surface area contributed by atoms with Crippen molar-refractivity contribution in [3.63, 3.8) is 0 Å². The molecule has 3 heterocycles. The van der Waals surface area contributed by atoms with Crippen LogP contribution in [0.4, 0.5) is 5.82 Å². The fourth-order valence-corrected chi connectivity index (χ4v) is 2.59. The van der Waals surface area contributed by atoms with E-state index in [0.717, 1.165) is 22.3 Å². The quantitative estimate of drug-likeness (QED) is 0.556. The molecule has 118 valence electrons. The molecule has 0 fully saturated rings. The SMILES string of the molecule is Clc1nc(NCc2ccc(-c3ccccc3)nc2)c2[nH]cnc2n1. The van der Waals surface area contributed by atoms with Crippen LogP contribution in [-0.2, 0) is 6.54 Å². The number of hydrogen-bond acceptors (Lipinski definition) is 5. The Labute approximate surface area is 143 Å². The number of nitrogens with zero attached hydrogens (tertiary/aromatic N) is 4. The second-order valence-corrected chi connectivity index (χ2v) is 5.55. The molecule has 0 unspecified atom stereocenters.